The molecule has 0 bridgehead atoms. The highest BCUT2D eigenvalue weighted by molar-refractivity contribution is 14.1. The van der Waals surface area contributed by atoms with Gasteiger partial charge in [0.2, 0.25) is 5.91 Å². The van der Waals surface area contributed by atoms with Crippen LogP contribution in [-0.2, 0) is 4.79 Å². The highest BCUT2D eigenvalue weighted by atomic mass is 127. The molecule has 0 aromatic heterocycles. The average molecular weight is 483 g/mol. The summed E-state index contributed by atoms with van der Waals surface area (Å²) >= 11 is 2.35. The van der Waals surface area contributed by atoms with E-state index in [9.17, 15) is 9.90 Å². The number of aliphatic hydroxyl groups is 1. The van der Waals surface area contributed by atoms with E-state index in [1.165, 1.54) is 12.8 Å². The van der Waals surface area contributed by atoms with E-state index in [1.807, 2.05) is 7.05 Å². The first-order chi connectivity index (χ1) is 12.8. The Bertz CT molecular complexity index is 684. The van der Waals surface area contributed by atoms with Crippen molar-refractivity contribution in [3.63, 3.8) is 0 Å². The fourth-order valence-corrected chi connectivity index (χ4v) is 7.90. The molecule has 0 aromatic rings. The van der Waals surface area contributed by atoms with E-state index in [0.29, 0.717) is 36.1 Å². The Kier molecular flexibility index (Phi) is 5.12. The maximum Gasteiger partial charge on any atom is 0.222 e. The fraction of sp³-hybridized carbons (Fsp3) is 0.870. The van der Waals surface area contributed by atoms with Crippen molar-refractivity contribution in [3.8, 4) is 11.8 Å². The van der Waals surface area contributed by atoms with Gasteiger partial charge in [0.15, 0.2) is 0 Å². The van der Waals surface area contributed by atoms with Gasteiger partial charge in [0.25, 0.3) is 0 Å². The number of amides is 1. The summed E-state index contributed by atoms with van der Waals surface area (Å²) in [7, 11) is 2.02. The number of nitrogens with zero attached hydrogens (tertiary/aromatic N) is 1. The van der Waals surface area contributed by atoms with Crippen LogP contribution in [0.3, 0.4) is 0 Å². The van der Waals surface area contributed by atoms with Crippen molar-refractivity contribution in [2.24, 2.45) is 28.6 Å². The molecule has 1 amide bonds. The monoisotopic (exact) mass is 483 g/mol. The summed E-state index contributed by atoms with van der Waals surface area (Å²) in [5.41, 5.74) is -0.613. The molecule has 4 rings (SSSR count). The zero-order chi connectivity index (χ0) is 19.4. The number of rotatable bonds is 1. The van der Waals surface area contributed by atoms with Crippen LogP contribution in [0.2, 0.25) is 0 Å². The third-order valence-corrected chi connectivity index (χ3v) is 9.76. The molecule has 1 saturated heterocycles. The molecule has 4 fully saturated rings. The predicted octanol–water partition coefficient (Wildman–Crippen LogP) is 4.41. The summed E-state index contributed by atoms with van der Waals surface area (Å²) in [6.45, 7) is 4.78. The molecule has 3 saturated carbocycles. The molecule has 1 N–H and O–H groups in total. The molecule has 27 heavy (non-hydrogen) atoms. The second-order valence-corrected chi connectivity index (χ2v) is 11.2. The lowest BCUT2D eigenvalue weighted by Crippen LogP contribution is -2.62. The maximum absolute atomic E-state index is 12.3. The van der Waals surface area contributed by atoms with Gasteiger partial charge in [0.05, 0.1) is 0 Å². The zero-order valence-corrected chi connectivity index (χ0v) is 19.2. The van der Waals surface area contributed by atoms with Crippen LogP contribution in [0.15, 0.2) is 0 Å². The molecule has 150 valence electrons. The minimum atomic E-state index is -0.800. The van der Waals surface area contributed by atoms with Crippen molar-refractivity contribution in [3.05, 3.63) is 0 Å². The second-order valence-electron chi connectivity index (χ2n) is 10.1. The summed E-state index contributed by atoms with van der Waals surface area (Å²) in [5, 5.41) is 11.5. The summed E-state index contributed by atoms with van der Waals surface area (Å²) in [6, 6.07) is 0.410. The van der Waals surface area contributed by atoms with E-state index in [-0.39, 0.29) is 10.8 Å². The molecule has 4 heteroatoms. The smallest absolute Gasteiger partial charge is 0.222 e. The lowest BCUT2D eigenvalue weighted by Gasteiger charge is -2.62. The molecule has 0 radical (unpaired) electrons. The highest BCUT2D eigenvalue weighted by Crippen LogP contribution is 2.66. The van der Waals surface area contributed by atoms with Gasteiger partial charge in [-0.05, 0) is 68.1 Å². The predicted molar refractivity (Wildman–Crippen MR) is 116 cm³/mol. The Morgan fingerprint density at radius 3 is 2.63 bits per heavy atom. The van der Waals surface area contributed by atoms with E-state index in [2.05, 4.69) is 53.2 Å². The first-order valence-corrected chi connectivity index (χ1v) is 12.3. The van der Waals surface area contributed by atoms with Crippen LogP contribution in [0, 0.1) is 40.4 Å². The van der Waals surface area contributed by atoms with E-state index < -0.39 is 5.60 Å². The Balaban J connectivity index is 1.62. The molecule has 0 spiro atoms. The van der Waals surface area contributed by atoms with E-state index in [0.717, 1.165) is 43.0 Å². The molecule has 7 atom stereocenters. The quantitative estimate of drug-likeness (QED) is 0.341. The van der Waals surface area contributed by atoms with Gasteiger partial charge in [-0.25, -0.2) is 0 Å². The van der Waals surface area contributed by atoms with Gasteiger partial charge < -0.3 is 10.0 Å². The topological polar surface area (TPSA) is 40.5 Å². The van der Waals surface area contributed by atoms with E-state index in [4.69, 9.17) is 0 Å². The van der Waals surface area contributed by atoms with Crippen LogP contribution >= 0.6 is 22.6 Å². The number of piperidine rings is 1. The largest absolute Gasteiger partial charge is 0.377 e. The van der Waals surface area contributed by atoms with Crippen LogP contribution in [0.25, 0.3) is 0 Å². The van der Waals surface area contributed by atoms with E-state index >= 15 is 0 Å². The van der Waals surface area contributed by atoms with Crippen molar-refractivity contribution in [2.75, 3.05) is 11.5 Å². The van der Waals surface area contributed by atoms with Crippen LogP contribution in [0.4, 0.5) is 0 Å². The Morgan fingerprint density at radius 1 is 1.15 bits per heavy atom. The van der Waals surface area contributed by atoms with Crippen molar-refractivity contribution >= 4 is 28.5 Å². The minimum absolute atomic E-state index is 0.0635. The van der Waals surface area contributed by atoms with Crippen LogP contribution in [-0.4, -0.2) is 39.0 Å². The average Bonchev–Trinajstić information content (AvgIpc) is 2.90. The number of carbonyl (C=O) groups is 1. The lowest BCUT2D eigenvalue weighted by molar-refractivity contribution is -0.163. The number of fused-ring (bicyclic) bond motifs is 5. The van der Waals surface area contributed by atoms with E-state index in [1.54, 1.807) is 0 Å². The minimum Gasteiger partial charge on any atom is -0.377 e. The van der Waals surface area contributed by atoms with Crippen LogP contribution in [0.1, 0.15) is 71.6 Å². The summed E-state index contributed by atoms with van der Waals surface area (Å²) < 4.78 is 1.03. The van der Waals surface area contributed by atoms with Gasteiger partial charge in [0.1, 0.15) is 5.60 Å². The van der Waals surface area contributed by atoms with Gasteiger partial charge >= 0.3 is 0 Å². The summed E-state index contributed by atoms with van der Waals surface area (Å²) in [4.78, 5) is 14.3. The molecular formula is C23H34INO2. The van der Waals surface area contributed by atoms with Gasteiger partial charge in [-0.3, -0.25) is 4.79 Å². The normalized spacial score (nSPS) is 48.9. The Labute approximate surface area is 178 Å². The van der Waals surface area contributed by atoms with Gasteiger partial charge in [-0.1, -0.05) is 48.3 Å². The van der Waals surface area contributed by atoms with Crippen molar-refractivity contribution in [1.29, 1.82) is 0 Å². The van der Waals surface area contributed by atoms with Gasteiger partial charge in [-0.2, -0.15) is 0 Å². The number of hydrogen-bond donors (Lipinski definition) is 1. The highest BCUT2D eigenvalue weighted by Gasteiger charge is 2.64. The molecule has 3 aliphatic carbocycles. The van der Waals surface area contributed by atoms with Gasteiger partial charge in [0, 0.05) is 35.8 Å². The molecule has 0 aromatic carbocycles. The molecule has 1 heterocycles. The SMILES string of the molecule is CN1C(=O)CC[C@]2(C)[C@H]3CC[C@@]4(C)[C@@H](CC[C@@]4(O)C#CCCI)[C@@H]3CC[C@@H]12. The molecule has 4 aliphatic rings. The standard InChI is InChI=1S/C23H34INO2/c1-21-12-10-20(26)25(3)19(21)7-6-16-17(21)8-13-22(2)18(16)9-14-23(22,27)11-4-5-15-24/h16-19,27H,5-10,12-15H2,1-3H3/t16-,17+,18+,19-,21-,22+,23+/m1/s1. The first-order valence-electron chi connectivity index (χ1n) is 10.8. The molecule has 3 nitrogen and oxygen atoms in total. The summed E-state index contributed by atoms with van der Waals surface area (Å²) in [6.07, 6.45) is 9.18. The number of carbonyl (C=O) groups excluding carboxylic acids is 1. The van der Waals surface area contributed by atoms with Crippen molar-refractivity contribution in [2.45, 2.75) is 83.3 Å². The molecular weight excluding hydrogens is 449 g/mol. The molecule has 0 unspecified atom stereocenters. The third-order valence-electron chi connectivity index (χ3n) is 9.22. The van der Waals surface area contributed by atoms with Crippen molar-refractivity contribution < 1.29 is 9.90 Å². The summed E-state index contributed by atoms with van der Waals surface area (Å²) in [5.74, 6) is 8.87. The van der Waals surface area contributed by atoms with Gasteiger partial charge in [-0.15, -0.1) is 0 Å². The Hall–Kier alpha value is -0.280. The number of hydrogen-bond acceptors (Lipinski definition) is 2. The third kappa shape index (κ3) is 2.81. The fourth-order valence-electron chi connectivity index (χ4n) is 7.63. The molecule has 1 aliphatic heterocycles. The van der Waals surface area contributed by atoms with Crippen LogP contribution < -0.4 is 0 Å². The number of halogens is 1. The van der Waals surface area contributed by atoms with Crippen LogP contribution in [0.5, 0.6) is 0 Å². The number of alkyl halides is 1. The second kappa shape index (κ2) is 6.90. The van der Waals surface area contributed by atoms with Crippen molar-refractivity contribution in [1.82, 2.24) is 4.90 Å². The first kappa shape index (κ1) is 20.0. The lowest BCUT2D eigenvalue weighted by atomic mass is 9.46. The maximum atomic E-state index is 12.3. The Morgan fingerprint density at radius 2 is 1.89 bits per heavy atom. The number of likely N-dealkylation sites (tertiary alicyclic amines) is 1. The zero-order valence-electron chi connectivity index (χ0n) is 17.1.